The SMILES string of the molecule is Cc1cc(N2CCNCC2)ccc1CNC(=O)Nc1nc(C(C)(C)c2ccc(Br)cc2)cs1. The zero-order valence-corrected chi connectivity index (χ0v) is 21.6. The van der Waals surface area contributed by atoms with E-state index in [1.165, 1.54) is 28.2 Å². The number of carbonyl (C=O) groups is 1. The Morgan fingerprint density at radius 3 is 2.61 bits per heavy atom. The van der Waals surface area contributed by atoms with E-state index < -0.39 is 0 Å². The minimum atomic E-state index is -0.253. The number of hydrogen-bond acceptors (Lipinski definition) is 5. The molecule has 8 heteroatoms. The van der Waals surface area contributed by atoms with E-state index in [2.05, 4.69) is 92.9 Å². The van der Waals surface area contributed by atoms with Crippen molar-refractivity contribution < 1.29 is 4.79 Å². The third kappa shape index (κ3) is 5.75. The highest BCUT2D eigenvalue weighted by atomic mass is 79.9. The van der Waals surface area contributed by atoms with Gasteiger partial charge in [0.1, 0.15) is 0 Å². The first-order chi connectivity index (χ1) is 15.8. The monoisotopic (exact) mass is 527 g/mol. The lowest BCUT2D eigenvalue weighted by molar-refractivity contribution is 0.251. The van der Waals surface area contributed by atoms with Crippen molar-refractivity contribution in [2.45, 2.75) is 32.7 Å². The van der Waals surface area contributed by atoms with Crippen LogP contribution in [-0.2, 0) is 12.0 Å². The number of nitrogens with one attached hydrogen (secondary N) is 3. The van der Waals surface area contributed by atoms with Gasteiger partial charge in [-0.15, -0.1) is 11.3 Å². The van der Waals surface area contributed by atoms with Gasteiger partial charge in [-0.3, -0.25) is 5.32 Å². The minimum absolute atomic E-state index is 0.247. The third-order valence-electron chi connectivity index (χ3n) is 6.18. The van der Waals surface area contributed by atoms with Gasteiger partial charge in [-0.2, -0.15) is 0 Å². The summed E-state index contributed by atoms with van der Waals surface area (Å²) in [5.74, 6) is 0. The Bertz CT molecular complexity index is 1110. The summed E-state index contributed by atoms with van der Waals surface area (Å²) >= 11 is 4.93. The molecule has 0 bridgehead atoms. The van der Waals surface area contributed by atoms with E-state index in [-0.39, 0.29) is 11.4 Å². The predicted octanol–water partition coefficient (Wildman–Crippen LogP) is 5.27. The number of piperazine rings is 1. The number of thiazole rings is 1. The van der Waals surface area contributed by atoms with Gasteiger partial charge < -0.3 is 15.5 Å². The molecule has 3 aromatic rings. The third-order valence-corrected chi connectivity index (χ3v) is 7.47. The standard InChI is InChI=1S/C25H30BrN5OS/c1-17-14-21(31-12-10-27-11-13-31)9-4-18(17)15-28-23(32)30-24-29-22(16-33-24)25(2,3)19-5-7-20(26)8-6-19/h4-9,14,16,27H,10-13,15H2,1-3H3,(H2,28,29,30,32). The summed E-state index contributed by atoms with van der Waals surface area (Å²) in [4.78, 5) is 19.6. The quantitative estimate of drug-likeness (QED) is 0.408. The molecule has 4 rings (SSSR count). The van der Waals surface area contributed by atoms with Gasteiger partial charge in [0.05, 0.1) is 5.69 Å². The van der Waals surface area contributed by atoms with Crippen LogP contribution < -0.4 is 20.9 Å². The molecule has 6 nitrogen and oxygen atoms in total. The summed E-state index contributed by atoms with van der Waals surface area (Å²) in [6.07, 6.45) is 0. The Morgan fingerprint density at radius 2 is 1.91 bits per heavy atom. The van der Waals surface area contributed by atoms with Crippen LogP contribution in [0.25, 0.3) is 0 Å². The van der Waals surface area contributed by atoms with E-state index in [0.717, 1.165) is 41.9 Å². The fourth-order valence-electron chi connectivity index (χ4n) is 3.95. The van der Waals surface area contributed by atoms with Crippen LogP contribution in [0.3, 0.4) is 0 Å². The first kappa shape index (κ1) is 23.7. The molecule has 0 radical (unpaired) electrons. The molecule has 3 N–H and O–H groups in total. The number of nitrogens with zero attached hydrogens (tertiary/aromatic N) is 2. The Labute approximate surface area is 207 Å². The first-order valence-electron chi connectivity index (χ1n) is 11.1. The average Bonchev–Trinajstić information content (AvgIpc) is 3.28. The number of benzene rings is 2. The van der Waals surface area contributed by atoms with Crippen molar-refractivity contribution >= 4 is 44.1 Å². The summed E-state index contributed by atoms with van der Waals surface area (Å²) in [6, 6.07) is 14.5. The topological polar surface area (TPSA) is 69.3 Å². The molecule has 2 aromatic carbocycles. The van der Waals surface area contributed by atoms with Crippen LogP contribution in [0.2, 0.25) is 0 Å². The van der Waals surface area contributed by atoms with E-state index >= 15 is 0 Å². The molecule has 0 aliphatic carbocycles. The molecular formula is C25H30BrN5OS. The Kier molecular flexibility index (Phi) is 7.36. The molecule has 33 heavy (non-hydrogen) atoms. The fourth-order valence-corrected chi connectivity index (χ4v) is 5.09. The number of aromatic nitrogens is 1. The van der Waals surface area contributed by atoms with Crippen molar-refractivity contribution in [1.82, 2.24) is 15.6 Å². The lowest BCUT2D eigenvalue weighted by Crippen LogP contribution is -2.43. The normalized spacial score (nSPS) is 14.2. The lowest BCUT2D eigenvalue weighted by Gasteiger charge is -2.30. The van der Waals surface area contributed by atoms with Crippen molar-refractivity contribution in [1.29, 1.82) is 0 Å². The van der Waals surface area contributed by atoms with Gasteiger partial charge in [0.2, 0.25) is 0 Å². The maximum absolute atomic E-state index is 12.5. The van der Waals surface area contributed by atoms with Gasteiger partial charge in [-0.1, -0.05) is 48.0 Å². The molecule has 1 fully saturated rings. The number of amides is 2. The molecule has 0 unspecified atom stereocenters. The van der Waals surface area contributed by atoms with Crippen molar-refractivity contribution in [3.8, 4) is 0 Å². The van der Waals surface area contributed by atoms with Gasteiger partial charge >= 0.3 is 6.03 Å². The zero-order valence-electron chi connectivity index (χ0n) is 19.2. The van der Waals surface area contributed by atoms with Gasteiger partial charge in [0.15, 0.2) is 5.13 Å². The largest absolute Gasteiger partial charge is 0.369 e. The number of hydrogen-bond donors (Lipinski definition) is 3. The van der Waals surface area contributed by atoms with E-state index in [0.29, 0.717) is 11.7 Å². The number of urea groups is 1. The van der Waals surface area contributed by atoms with Crippen molar-refractivity contribution in [3.05, 3.63) is 74.7 Å². The number of carbonyl (C=O) groups excluding carboxylic acids is 1. The summed E-state index contributed by atoms with van der Waals surface area (Å²) in [5, 5.41) is 11.8. The Balaban J connectivity index is 1.34. The highest BCUT2D eigenvalue weighted by molar-refractivity contribution is 9.10. The van der Waals surface area contributed by atoms with E-state index in [9.17, 15) is 4.79 Å². The van der Waals surface area contributed by atoms with E-state index in [1.807, 2.05) is 17.5 Å². The minimum Gasteiger partial charge on any atom is -0.369 e. The number of rotatable bonds is 6. The Morgan fingerprint density at radius 1 is 1.18 bits per heavy atom. The number of anilines is 2. The van der Waals surface area contributed by atoms with Crippen LogP contribution in [-0.4, -0.2) is 37.2 Å². The number of halogens is 1. The van der Waals surface area contributed by atoms with Gasteiger partial charge in [-0.05, 0) is 47.9 Å². The van der Waals surface area contributed by atoms with Crippen molar-refractivity contribution in [3.63, 3.8) is 0 Å². The van der Waals surface area contributed by atoms with Crippen LogP contribution >= 0.6 is 27.3 Å². The number of aryl methyl sites for hydroxylation is 1. The molecule has 0 saturated carbocycles. The molecule has 1 aliphatic heterocycles. The second-order valence-corrected chi connectivity index (χ2v) is 10.6. The molecule has 1 aliphatic rings. The van der Waals surface area contributed by atoms with Crippen LogP contribution in [0.1, 0.15) is 36.2 Å². The van der Waals surface area contributed by atoms with Crippen LogP contribution in [0.4, 0.5) is 15.6 Å². The van der Waals surface area contributed by atoms with Crippen molar-refractivity contribution in [2.75, 3.05) is 36.4 Å². The highest BCUT2D eigenvalue weighted by Crippen LogP contribution is 2.34. The molecular weight excluding hydrogens is 498 g/mol. The van der Waals surface area contributed by atoms with Gasteiger partial charge in [0.25, 0.3) is 0 Å². The predicted molar refractivity (Wildman–Crippen MR) is 141 cm³/mol. The zero-order chi connectivity index (χ0) is 23.4. The molecule has 2 amide bonds. The smallest absolute Gasteiger partial charge is 0.321 e. The van der Waals surface area contributed by atoms with Crippen LogP contribution in [0.5, 0.6) is 0 Å². The maximum Gasteiger partial charge on any atom is 0.321 e. The Hall–Kier alpha value is -2.42. The van der Waals surface area contributed by atoms with E-state index in [4.69, 9.17) is 0 Å². The van der Waals surface area contributed by atoms with E-state index in [1.54, 1.807) is 0 Å². The summed E-state index contributed by atoms with van der Waals surface area (Å²) in [7, 11) is 0. The van der Waals surface area contributed by atoms with Crippen LogP contribution in [0, 0.1) is 6.92 Å². The summed E-state index contributed by atoms with van der Waals surface area (Å²) < 4.78 is 1.05. The second-order valence-electron chi connectivity index (χ2n) is 8.83. The summed E-state index contributed by atoms with van der Waals surface area (Å²) in [5.41, 5.74) is 5.39. The van der Waals surface area contributed by atoms with Gasteiger partial charge in [0, 0.05) is 53.7 Å². The summed E-state index contributed by atoms with van der Waals surface area (Å²) in [6.45, 7) is 10.9. The first-order valence-corrected chi connectivity index (χ1v) is 12.8. The molecule has 174 valence electrons. The molecule has 1 saturated heterocycles. The second kappa shape index (κ2) is 10.2. The van der Waals surface area contributed by atoms with Gasteiger partial charge in [-0.25, -0.2) is 9.78 Å². The molecule has 0 spiro atoms. The highest BCUT2D eigenvalue weighted by Gasteiger charge is 2.26. The maximum atomic E-state index is 12.5. The molecule has 2 heterocycles. The van der Waals surface area contributed by atoms with Crippen molar-refractivity contribution in [2.24, 2.45) is 0 Å². The fraction of sp³-hybridized carbons (Fsp3) is 0.360. The average molecular weight is 529 g/mol. The molecule has 1 aromatic heterocycles. The van der Waals surface area contributed by atoms with Crippen LogP contribution in [0.15, 0.2) is 52.3 Å². The molecule has 0 atom stereocenters. The lowest BCUT2D eigenvalue weighted by atomic mass is 9.82.